The van der Waals surface area contributed by atoms with Gasteiger partial charge in [-0.05, 0) is 35.6 Å². The van der Waals surface area contributed by atoms with Crippen molar-refractivity contribution in [2.75, 3.05) is 5.73 Å². The van der Waals surface area contributed by atoms with Crippen LogP contribution in [0.1, 0.15) is 17.7 Å². The van der Waals surface area contributed by atoms with Crippen molar-refractivity contribution in [3.05, 3.63) is 20.9 Å². The lowest BCUT2D eigenvalue weighted by Gasteiger charge is -2.06. The van der Waals surface area contributed by atoms with Crippen molar-refractivity contribution in [1.29, 1.82) is 0 Å². The van der Waals surface area contributed by atoms with E-state index in [2.05, 4.69) is 4.98 Å². The third kappa shape index (κ3) is 1.82. The minimum atomic E-state index is -2.55. The molecule has 2 N–H and O–H groups in total. The Bertz CT molecular complexity index is 278. The van der Waals surface area contributed by atoms with Crippen LogP contribution in [-0.4, -0.2) is 4.98 Å². The Morgan fingerprint density at radius 2 is 2.17 bits per heavy atom. The number of nitrogen functional groups attached to an aromatic ring is 1. The van der Waals surface area contributed by atoms with Crippen LogP contribution in [0.5, 0.6) is 0 Å². The fraction of sp³-hybridized carbons (Fsp3) is 0.286. The van der Waals surface area contributed by atoms with Gasteiger partial charge in [-0.1, -0.05) is 0 Å². The van der Waals surface area contributed by atoms with Crippen molar-refractivity contribution in [3.8, 4) is 0 Å². The quantitative estimate of drug-likeness (QED) is 0.805. The number of halogens is 3. The summed E-state index contributed by atoms with van der Waals surface area (Å²) in [4.78, 5) is 3.75. The van der Waals surface area contributed by atoms with Gasteiger partial charge < -0.3 is 5.73 Å². The standard InChI is InChI=1S/C7H7F2IN2/c1-3-2-4(10)5(6(8)9)7(11)12-3/h2,6H,1H3,(H2,11,12). The molecule has 0 unspecified atom stereocenters. The molecule has 0 saturated carbocycles. The van der Waals surface area contributed by atoms with Gasteiger partial charge in [-0.3, -0.25) is 0 Å². The zero-order chi connectivity index (χ0) is 9.30. The van der Waals surface area contributed by atoms with Crippen molar-refractivity contribution in [2.45, 2.75) is 13.3 Å². The van der Waals surface area contributed by atoms with Crippen LogP contribution in [0.15, 0.2) is 6.07 Å². The molecule has 1 heterocycles. The predicted molar refractivity (Wildman–Crippen MR) is 51.1 cm³/mol. The van der Waals surface area contributed by atoms with Crippen LogP contribution >= 0.6 is 22.6 Å². The number of rotatable bonds is 1. The second-order valence-corrected chi connectivity index (χ2v) is 3.51. The molecule has 12 heavy (non-hydrogen) atoms. The molecule has 0 spiro atoms. The van der Waals surface area contributed by atoms with Crippen molar-refractivity contribution in [1.82, 2.24) is 4.98 Å². The molecule has 1 aromatic heterocycles. The maximum atomic E-state index is 12.3. The van der Waals surface area contributed by atoms with Crippen molar-refractivity contribution in [2.24, 2.45) is 0 Å². The fourth-order valence-electron chi connectivity index (χ4n) is 0.882. The SMILES string of the molecule is Cc1cc(I)c(C(F)F)c(N)n1. The Morgan fingerprint density at radius 3 is 2.58 bits per heavy atom. The van der Waals surface area contributed by atoms with Crippen LogP contribution in [-0.2, 0) is 0 Å². The molecule has 66 valence electrons. The number of nitrogens with zero attached hydrogens (tertiary/aromatic N) is 1. The second-order valence-electron chi connectivity index (χ2n) is 2.35. The largest absolute Gasteiger partial charge is 0.383 e. The normalized spacial score (nSPS) is 10.8. The summed E-state index contributed by atoms with van der Waals surface area (Å²) in [6, 6.07) is 1.58. The second kappa shape index (κ2) is 3.51. The summed E-state index contributed by atoms with van der Waals surface area (Å²) in [5.74, 6) is -0.0746. The average molecular weight is 284 g/mol. The molecule has 0 saturated heterocycles. The number of nitrogens with two attached hydrogens (primary N) is 1. The van der Waals surface area contributed by atoms with Gasteiger partial charge in [-0.15, -0.1) is 0 Å². The van der Waals surface area contributed by atoms with E-state index in [1.54, 1.807) is 13.0 Å². The minimum Gasteiger partial charge on any atom is -0.383 e. The molecule has 0 bridgehead atoms. The van der Waals surface area contributed by atoms with Crippen LogP contribution in [0.3, 0.4) is 0 Å². The van der Waals surface area contributed by atoms with Crippen LogP contribution in [0.25, 0.3) is 0 Å². The summed E-state index contributed by atoms with van der Waals surface area (Å²) in [6.45, 7) is 1.72. The summed E-state index contributed by atoms with van der Waals surface area (Å²) >= 11 is 1.83. The lowest BCUT2D eigenvalue weighted by atomic mass is 10.2. The van der Waals surface area contributed by atoms with Gasteiger partial charge in [0.1, 0.15) is 5.82 Å². The molecule has 0 amide bonds. The number of aryl methyl sites for hydroxylation is 1. The third-order valence-corrected chi connectivity index (χ3v) is 2.28. The maximum Gasteiger partial charge on any atom is 0.268 e. The molecule has 0 fully saturated rings. The van der Waals surface area contributed by atoms with Crippen molar-refractivity contribution >= 4 is 28.4 Å². The predicted octanol–water partition coefficient (Wildman–Crippen LogP) is 2.51. The first kappa shape index (κ1) is 9.63. The minimum absolute atomic E-state index is 0.0746. The topological polar surface area (TPSA) is 38.9 Å². The Balaban J connectivity index is 3.28. The Hall–Kier alpha value is -0.460. The summed E-state index contributed by atoms with van der Waals surface area (Å²) in [5.41, 5.74) is 5.82. The van der Waals surface area contributed by atoms with E-state index in [0.29, 0.717) is 9.26 Å². The number of aromatic nitrogens is 1. The lowest BCUT2D eigenvalue weighted by molar-refractivity contribution is 0.151. The van der Waals surface area contributed by atoms with E-state index in [0.717, 1.165) is 0 Å². The van der Waals surface area contributed by atoms with Crippen LogP contribution in [0.4, 0.5) is 14.6 Å². The van der Waals surface area contributed by atoms with Crippen LogP contribution in [0.2, 0.25) is 0 Å². The van der Waals surface area contributed by atoms with Crippen molar-refractivity contribution in [3.63, 3.8) is 0 Å². The van der Waals surface area contributed by atoms with Crippen LogP contribution in [0, 0.1) is 10.5 Å². The van der Waals surface area contributed by atoms with E-state index < -0.39 is 6.43 Å². The molecule has 0 atom stereocenters. The van der Waals surface area contributed by atoms with Crippen molar-refractivity contribution < 1.29 is 8.78 Å². The highest BCUT2D eigenvalue weighted by Gasteiger charge is 2.16. The van der Waals surface area contributed by atoms with E-state index in [1.807, 2.05) is 22.6 Å². The first-order valence-corrected chi connectivity index (χ1v) is 4.31. The molecular weight excluding hydrogens is 277 g/mol. The number of alkyl halides is 2. The molecule has 0 aliphatic heterocycles. The van der Waals surface area contributed by atoms with Gasteiger partial charge in [0.05, 0.1) is 5.56 Å². The molecule has 0 aliphatic rings. The summed E-state index contributed by atoms with van der Waals surface area (Å²) in [6.07, 6.45) is -2.55. The lowest BCUT2D eigenvalue weighted by Crippen LogP contribution is -2.02. The molecule has 0 radical (unpaired) electrons. The van der Waals surface area contributed by atoms with E-state index in [-0.39, 0.29) is 11.4 Å². The summed E-state index contributed by atoms with van der Waals surface area (Å²) in [5, 5.41) is 0. The first-order chi connectivity index (χ1) is 5.52. The molecule has 5 heteroatoms. The van der Waals surface area contributed by atoms with Gasteiger partial charge in [0.2, 0.25) is 0 Å². The van der Waals surface area contributed by atoms with E-state index >= 15 is 0 Å². The molecule has 0 aliphatic carbocycles. The van der Waals surface area contributed by atoms with Gasteiger partial charge >= 0.3 is 0 Å². The molecular formula is C7H7F2IN2. The fourth-order valence-corrected chi connectivity index (χ4v) is 1.84. The Morgan fingerprint density at radius 1 is 1.58 bits per heavy atom. The number of anilines is 1. The van der Waals surface area contributed by atoms with Gasteiger partial charge in [0.15, 0.2) is 0 Å². The average Bonchev–Trinajstić information content (AvgIpc) is 1.82. The number of hydrogen-bond acceptors (Lipinski definition) is 2. The molecule has 2 nitrogen and oxygen atoms in total. The Kier molecular flexibility index (Phi) is 2.81. The zero-order valence-corrected chi connectivity index (χ0v) is 8.47. The highest BCUT2D eigenvalue weighted by atomic mass is 127. The highest BCUT2D eigenvalue weighted by Crippen LogP contribution is 2.28. The highest BCUT2D eigenvalue weighted by molar-refractivity contribution is 14.1. The zero-order valence-electron chi connectivity index (χ0n) is 6.31. The van der Waals surface area contributed by atoms with Gasteiger partial charge in [-0.25, -0.2) is 13.8 Å². The first-order valence-electron chi connectivity index (χ1n) is 3.23. The number of hydrogen-bond donors (Lipinski definition) is 1. The maximum absolute atomic E-state index is 12.3. The molecule has 1 rings (SSSR count). The van der Waals surface area contributed by atoms with Gasteiger partial charge in [0, 0.05) is 9.26 Å². The Labute approximate surface area is 82.3 Å². The smallest absolute Gasteiger partial charge is 0.268 e. The summed E-state index contributed by atoms with van der Waals surface area (Å²) < 4.78 is 25.1. The van der Waals surface area contributed by atoms with Crippen LogP contribution < -0.4 is 5.73 Å². The van der Waals surface area contributed by atoms with E-state index in [4.69, 9.17) is 5.73 Å². The monoisotopic (exact) mass is 284 g/mol. The summed E-state index contributed by atoms with van der Waals surface area (Å²) in [7, 11) is 0. The van der Waals surface area contributed by atoms with E-state index in [1.165, 1.54) is 0 Å². The molecule has 1 aromatic rings. The molecule has 0 aromatic carbocycles. The van der Waals surface area contributed by atoms with Gasteiger partial charge in [-0.2, -0.15) is 0 Å². The van der Waals surface area contributed by atoms with E-state index in [9.17, 15) is 8.78 Å². The number of pyridine rings is 1. The third-order valence-electron chi connectivity index (χ3n) is 1.38. The van der Waals surface area contributed by atoms with Gasteiger partial charge in [0.25, 0.3) is 6.43 Å².